The first-order valence-corrected chi connectivity index (χ1v) is 7.97. The van der Waals surface area contributed by atoms with E-state index in [9.17, 15) is 0 Å². The highest BCUT2D eigenvalue weighted by molar-refractivity contribution is 6.43. The Morgan fingerprint density at radius 1 is 1.00 bits per heavy atom. The zero-order chi connectivity index (χ0) is 14.4. The Bertz CT molecular complexity index is 709. The van der Waals surface area contributed by atoms with Crippen molar-refractivity contribution in [1.29, 1.82) is 0 Å². The first kappa shape index (κ1) is 13.2. The number of hydrogen-bond donors (Lipinski definition) is 1. The minimum atomic E-state index is 0.273. The van der Waals surface area contributed by atoms with Gasteiger partial charge in [0.15, 0.2) is 0 Å². The van der Waals surface area contributed by atoms with Crippen LogP contribution in [0.25, 0.3) is 0 Å². The summed E-state index contributed by atoms with van der Waals surface area (Å²) in [5.41, 5.74) is 3.55. The number of anilines is 1. The molecule has 1 aliphatic carbocycles. The normalized spacial score (nSPS) is 26.1. The molecule has 1 N–H and O–H groups in total. The van der Waals surface area contributed by atoms with Gasteiger partial charge in [0.05, 0.1) is 21.8 Å². The van der Waals surface area contributed by atoms with Crippen molar-refractivity contribution in [3.8, 4) is 0 Å². The summed E-state index contributed by atoms with van der Waals surface area (Å²) >= 11 is 12.6. The van der Waals surface area contributed by atoms with E-state index < -0.39 is 0 Å². The van der Waals surface area contributed by atoms with Crippen LogP contribution < -0.4 is 5.32 Å². The average Bonchev–Trinajstić information content (AvgIpc) is 3.00. The van der Waals surface area contributed by atoms with E-state index in [1.165, 1.54) is 11.1 Å². The second-order valence-electron chi connectivity index (χ2n) is 5.71. The number of benzene rings is 2. The van der Waals surface area contributed by atoms with E-state index in [-0.39, 0.29) is 6.04 Å². The third-order valence-electron chi connectivity index (χ3n) is 4.59. The van der Waals surface area contributed by atoms with E-state index in [2.05, 4.69) is 53.9 Å². The van der Waals surface area contributed by atoms with Crippen molar-refractivity contribution in [2.75, 3.05) is 5.32 Å². The summed E-state index contributed by atoms with van der Waals surface area (Å²) in [5, 5.41) is 4.88. The molecule has 3 heteroatoms. The molecule has 0 fully saturated rings. The van der Waals surface area contributed by atoms with Gasteiger partial charge in [-0.2, -0.15) is 0 Å². The SMILES string of the molecule is Clc1ccc2c(c1Cl)NC(c1ccccc1)C1CC=CC21. The van der Waals surface area contributed by atoms with E-state index in [1.807, 2.05) is 6.07 Å². The van der Waals surface area contributed by atoms with Gasteiger partial charge in [-0.3, -0.25) is 0 Å². The second-order valence-corrected chi connectivity index (χ2v) is 6.50. The van der Waals surface area contributed by atoms with Gasteiger partial charge in [-0.25, -0.2) is 0 Å². The molecule has 1 aliphatic heterocycles. The average molecular weight is 316 g/mol. The van der Waals surface area contributed by atoms with Gasteiger partial charge in [0.25, 0.3) is 0 Å². The molecule has 0 bridgehead atoms. The van der Waals surface area contributed by atoms with Crippen molar-refractivity contribution >= 4 is 28.9 Å². The minimum Gasteiger partial charge on any atom is -0.376 e. The van der Waals surface area contributed by atoms with Crippen LogP contribution in [0.15, 0.2) is 54.6 Å². The van der Waals surface area contributed by atoms with Crippen molar-refractivity contribution in [3.05, 3.63) is 75.8 Å². The Hall–Kier alpha value is -1.44. The lowest BCUT2D eigenvalue weighted by Gasteiger charge is -2.38. The Morgan fingerprint density at radius 3 is 2.62 bits per heavy atom. The summed E-state index contributed by atoms with van der Waals surface area (Å²) in [6.07, 6.45) is 5.69. The van der Waals surface area contributed by atoms with Gasteiger partial charge in [0.1, 0.15) is 0 Å². The Kier molecular flexibility index (Phi) is 3.20. The summed E-state index contributed by atoms with van der Waals surface area (Å²) in [5.74, 6) is 0.957. The molecule has 3 atom stereocenters. The summed E-state index contributed by atoms with van der Waals surface area (Å²) in [7, 11) is 0. The molecule has 0 saturated heterocycles. The third kappa shape index (κ3) is 2.07. The Balaban J connectivity index is 1.85. The maximum atomic E-state index is 6.44. The first-order valence-electron chi connectivity index (χ1n) is 7.22. The van der Waals surface area contributed by atoms with Gasteiger partial charge in [-0.05, 0) is 29.5 Å². The molecule has 106 valence electrons. The highest BCUT2D eigenvalue weighted by Crippen LogP contribution is 2.52. The Labute approximate surface area is 134 Å². The van der Waals surface area contributed by atoms with Crippen molar-refractivity contribution in [1.82, 2.24) is 0 Å². The highest BCUT2D eigenvalue weighted by Gasteiger charge is 2.38. The standard InChI is InChI=1S/C18H15Cl2N/c19-15-10-9-14-12-7-4-8-13(12)17(21-18(14)16(15)20)11-5-2-1-3-6-11/h1-7,9-10,12-13,17,21H,8H2. The molecule has 1 nitrogen and oxygen atoms in total. The van der Waals surface area contributed by atoms with Crippen LogP contribution in [-0.4, -0.2) is 0 Å². The molecular formula is C18H15Cl2N. The lowest BCUT2D eigenvalue weighted by molar-refractivity contribution is 0.425. The van der Waals surface area contributed by atoms with Gasteiger partial charge < -0.3 is 5.32 Å². The lowest BCUT2D eigenvalue weighted by atomic mass is 9.77. The maximum absolute atomic E-state index is 6.44. The summed E-state index contributed by atoms with van der Waals surface area (Å²) in [6, 6.07) is 14.9. The third-order valence-corrected chi connectivity index (χ3v) is 5.39. The van der Waals surface area contributed by atoms with Crippen molar-refractivity contribution in [2.45, 2.75) is 18.4 Å². The molecule has 0 amide bonds. The second kappa shape index (κ2) is 5.08. The van der Waals surface area contributed by atoms with Crippen LogP contribution >= 0.6 is 23.2 Å². The molecular weight excluding hydrogens is 301 g/mol. The maximum Gasteiger partial charge on any atom is 0.0826 e. The fourth-order valence-corrected chi connectivity index (χ4v) is 3.98. The summed E-state index contributed by atoms with van der Waals surface area (Å²) in [4.78, 5) is 0. The quantitative estimate of drug-likeness (QED) is 0.654. The molecule has 0 aromatic heterocycles. The van der Waals surface area contributed by atoms with Crippen molar-refractivity contribution in [2.24, 2.45) is 5.92 Å². The van der Waals surface area contributed by atoms with E-state index in [4.69, 9.17) is 23.2 Å². The molecule has 0 radical (unpaired) electrons. The topological polar surface area (TPSA) is 12.0 Å². The number of allylic oxidation sites excluding steroid dienone is 2. The molecule has 0 saturated carbocycles. The van der Waals surface area contributed by atoms with Crippen LogP contribution in [0.5, 0.6) is 0 Å². The molecule has 0 spiro atoms. The smallest absolute Gasteiger partial charge is 0.0826 e. The largest absolute Gasteiger partial charge is 0.376 e. The predicted octanol–water partition coefficient (Wildman–Crippen LogP) is 5.82. The van der Waals surface area contributed by atoms with Crippen LogP contribution in [0.3, 0.4) is 0 Å². The van der Waals surface area contributed by atoms with Crippen LogP contribution in [0.1, 0.15) is 29.5 Å². The zero-order valence-electron chi connectivity index (χ0n) is 11.4. The van der Waals surface area contributed by atoms with Crippen LogP contribution in [0.2, 0.25) is 10.0 Å². The number of hydrogen-bond acceptors (Lipinski definition) is 1. The van der Waals surface area contributed by atoms with Crippen molar-refractivity contribution in [3.63, 3.8) is 0 Å². The van der Waals surface area contributed by atoms with Gasteiger partial charge in [-0.1, -0.05) is 71.8 Å². The molecule has 4 rings (SSSR count). The van der Waals surface area contributed by atoms with Crippen LogP contribution in [0.4, 0.5) is 5.69 Å². The number of rotatable bonds is 1. The van der Waals surface area contributed by atoms with Gasteiger partial charge in [-0.15, -0.1) is 0 Å². The molecule has 1 heterocycles. The highest BCUT2D eigenvalue weighted by atomic mass is 35.5. The monoisotopic (exact) mass is 315 g/mol. The Morgan fingerprint density at radius 2 is 1.81 bits per heavy atom. The van der Waals surface area contributed by atoms with Crippen LogP contribution in [-0.2, 0) is 0 Å². The van der Waals surface area contributed by atoms with E-state index in [0.29, 0.717) is 21.9 Å². The number of nitrogens with one attached hydrogen (secondary N) is 1. The summed E-state index contributed by atoms with van der Waals surface area (Å²) in [6.45, 7) is 0. The van der Waals surface area contributed by atoms with Gasteiger partial charge >= 0.3 is 0 Å². The summed E-state index contributed by atoms with van der Waals surface area (Å²) < 4.78 is 0. The predicted molar refractivity (Wildman–Crippen MR) is 89.3 cm³/mol. The molecule has 2 aromatic carbocycles. The van der Waals surface area contributed by atoms with Gasteiger partial charge in [0, 0.05) is 5.92 Å². The first-order chi connectivity index (χ1) is 10.3. The zero-order valence-corrected chi connectivity index (χ0v) is 12.9. The van der Waals surface area contributed by atoms with E-state index in [1.54, 1.807) is 0 Å². The van der Waals surface area contributed by atoms with Crippen LogP contribution in [0, 0.1) is 5.92 Å². The minimum absolute atomic E-state index is 0.273. The van der Waals surface area contributed by atoms with Gasteiger partial charge in [0.2, 0.25) is 0 Å². The number of halogens is 2. The fourth-order valence-electron chi connectivity index (χ4n) is 3.59. The van der Waals surface area contributed by atoms with E-state index in [0.717, 1.165) is 12.1 Å². The number of fused-ring (bicyclic) bond motifs is 3. The van der Waals surface area contributed by atoms with E-state index >= 15 is 0 Å². The molecule has 2 aromatic rings. The van der Waals surface area contributed by atoms with Crippen molar-refractivity contribution < 1.29 is 0 Å². The molecule has 3 unspecified atom stereocenters. The fraction of sp³-hybridized carbons (Fsp3) is 0.222. The lowest BCUT2D eigenvalue weighted by Crippen LogP contribution is -2.29. The molecule has 21 heavy (non-hydrogen) atoms. The molecule has 2 aliphatic rings.